The number of nitrogens with zero attached hydrogens (tertiary/aromatic N) is 1. The molecule has 1 fully saturated rings. The van der Waals surface area contributed by atoms with Gasteiger partial charge in [-0.15, -0.1) is 0 Å². The lowest BCUT2D eigenvalue weighted by Crippen LogP contribution is -2.28. The predicted molar refractivity (Wildman–Crippen MR) is 53.0 cm³/mol. The molecule has 1 heterocycles. The number of hydrogen-bond donors (Lipinski definition) is 1. The first kappa shape index (κ1) is 10.0. The van der Waals surface area contributed by atoms with Crippen LogP contribution in [0.25, 0.3) is 0 Å². The minimum atomic E-state index is 0.704. The molecule has 0 amide bonds. The average molecular weight is 170 g/mol. The van der Waals surface area contributed by atoms with Gasteiger partial charge in [-0.2, -0.15) is 0 Å². The van der Waals surface area contributed by atoms with Crippen LogP contribution < -0.4 is 5.73 Å². The van der Waals surface area contributed by atoms with Crippen LogP contribution in [0.2, 0.25) is 0 Å². The van der Waals surface area contributed by atoms with E-state index < -0.39 is 0 Å². The maximum atomic E-state index is 5.57. The Bertz CT molecular complexity index is 134. The van der Waals surface area contributed by atoms with Crippen LogP contribution in [0, 0.1) is 11.8 Å². The molecule has 2 heteroatoms. The lowest BCUT2D eigenvalue weighted by molar-refractivity contribution is 0.261. The van der Waals surface area contributed by atoms with Gasteiger partial charge in [-0.25, -0.2) is 0 Å². The Hall–Kier alpha value is -0.0800. The van der Waals surface area contributed by atoms with E-state index in [1.54, 1.807) is 0 Å². The van der Waals surface area contributed by atoms with Crippen molar-refractivity contribution in [2.45, 2.75) is 33.2 Å². The normalized spacial score (nSPS) is 31.8. The number of nitrogens with two attached hydrogens (primary N) is 1. The first-order valence-corrected chi connectivity index (χ1v) is 5.09. The Kier molecular flexibility index (Phi) is 3.53. The average Bonchev–Trinajstić information content (AvgIpc) is 2.34. The molecule has 2 unspecified atom stereocenters. The smallest absolute Gasteiger partial charge is 0.00388 e. The van der Waals surface area contributed by atoms with E-state index in [-0.39, 0.29) is 0 Å². The first-order valence-electron chi connectivity index (χ1n) is 5.09. The highest BCUT2D eigenvalue weighted by Gasteiger charge is 2.29. The van der Waals surface area contributed by atoms with E-state index >= 15 is 0 Å². The van der Waals surface area contributed by atoms with E-state index in [9.17, 15) is 0 Å². The molecule has 12 heavy (non-hydrogen) atoms. The molecule has 0 aliphatic carbocycles. The fourth-order valence-electron chi connectivity index (χ4n) is 2.09. The molecule has 1 saturated heterocycles. The summed E-state index contributed by atoms with van der Waals surface area (Å²) < 4.78 is 0. The SMILES string of the molecule is CC1CN(C(C)C)CC1CCN. The van der Waals surface area contributed by atoms with Crippen molar-refractivity contribution in [3.05, 3.63) is 0 Å². The van der Waals surface area contributed by atoms with Crippen LogP contribution in [0.3, 0.4) is 0 Å². The number of rotatable bonds is 3. The summed E-state index contributed by atoms with van der Waals surface area (Å²) in [4.78, 5) is 2.56. The highest BCUT2D eigenvalue weighted by Crippen LogP contribution is 2.26. The van der Waals surface area contributed by atoms with E-state index in [0.717, 1.165) is 18.4 Å². The number of likely N-dealkylation sites (tertiary alicyclic amines) is 1. The second kappa shape index (κ2) is 4.24. The predicted octanol–water partition coefficient (Wildman–Crippen LogP) is 1.31. The van der Waals surface area contributed by atoms with Crippen molar-refractivity contribution < 1.29 is 0 Å². The van der Waals surface area contributed by atoms with E-state index in [0.29, 0.717) is 6.04 Å². The summed E-state index contributed by atoms with van der Waals surface area (Å²) >= 11 is 0. The van der Waals surface area contributed by atoms with E-state index in [2.05, 4.69) is 25.7 Å². The van der Waals surface area contributed by atoms with Crippen LogP contribution in [0.4, 0.5) is 0 Å². The fourth-order valence-corrected chi connectivity index (χ4v) is 2.09. The van der Waals surface area contributed by atoms with Gasteiger partial charge < -0.3 is 10.6 Å². The Morgan fingerprint density at radius 3 is 2.50 bits per heavy atom. The van der Waals surface area contributed by atoms with Gasteiger partial charge in [0.15, 0.2) is 0 Å². The second-order valence-corrected chi connectivity index (χ2v) is 4.36. The summed E-state index contributed by atoms with van der Waals surface area (Å²) in [6.45, 7) is 10.3. The van der Waals surface area contributed by atoms with Crippen LogP contribution >= 0.6 is 0 Å². The quantitative estimate of drug-likeness (QED) is 0.692. The largest absolute Gasteiger partial charge is 0.330 e. The highest BCUT2D eigenvalue weighted by atomic mass is 15.2. The highest BCUT2D eigenvalue weighted by molar-refractivity contribution is 4.83. The molecule has 0 spiro atoms. The van der Waals surface area contributed by atoms with E-state index in [1.807, 2.05) is 0 Å². The molecule has 72 valence electrons. The van der Waals surface area contributed by atoms with Gasteiger partial charge in [0.25, 0.3) is 0 Å². The van der Waals surface area contributed by atoms with Crippen molar-refractivity contribution in [1.82, 2.24) is 4.90 Å². The Morgan fingerprint density at radius 1 is 1.42 bits per heavy atom. The van der Waals surface area contributed by atoms with Gasteiger partial charge in [0, 0.05) is 19.1 Å². The molecule has 0 aromatic rings. The van der Waals surface area contributed by atoms with Crippen LogP contribution in [-0.4, -0.2) is 30.6 Å². The standard InChI is InChI=1S/C10H22N2/c1-8(2)12-6-9(3)10(7-12)4-5-11/h8-10H,4-7,11H2,1-3H3. The molecule has 0 saturated carbocycles. The summed E-state index contributed by atoms with van der Waals surface area (Å²) in [5.41, 5.74) is 5.57. The van der Waals surface area contributed by atoms with Crippen molar-refractivity contribution in [3.8, 4) is 0 Å². The maximum absolute atomic E-state index is 5.57. The van der Waals surface area contributed by atoms with Crippen molar-refractivity contribution >= 4 is 0 Å². The summed E-state index contributed by atoms with van der Waals surface area (Å²) in [5, 5.41) is 0. The summed E-state index contributed by atoms with van der Waals surface area (Å²) in [6.07, 6.45) is 1.20. The molecule has 2 atom stereocenters. The van der Waals surface area contributed by atoms with Crippen molar-refractivity contribution in [2.75, 3.05) is 19.6 Å². The Labute approximate surface area is 76.1 Å². The molecular formula is C10H22N2. The lowest BCUT2D eigenvalue weighted by Gasteiger charge is -2.19. The van der Waals surface area contributed by atoms with Gasteiger partial charge in [0.1, 0.15) is 0 Å². The van der Waals surface area contributed by atoms with Crippen molar-refractivity contribution in [2.24, 2.45) is 17.6 Å². The molecule has 1 aliphatic heterocycles. The van der Waals surface area contributed by atoms with Gasteiger partial charge in [-0.1, -0.05) is 6.92 Å². The van der Waals surface area contributed by atoms with Crippen LogP contribution in [0.5, 0.6) is 0 Å². The monoisotopic (exact) mass is 170 g/mol. The fraction of sp³-hybridized carbons (Fsp3) is 1.00. The third kappa shape index (κ3) is 2.20. The van der Waals surface area contributed by atoms with Gasteiger partial charge in [-0.05, 0) is 38.6 Å². The van der Waals surface area contributed by atoms with E-state index in [4.69, 9.17) is 5.73 Å². The zero-order chi connectivity index (χ0) is 9.14. The third-order valence-corrected chi connectivity index (χ3v) is 3.06. The van der Waals surface area contributed by atoms with Crippen molar-refractivity contribution in [1.29, 1.82) is 0 Å². The molecule has 1 aliphatic rings. The molecule has 0 radical (unpaired) electrons. The minimum absolute atomic E-state index is 0.704. The molecule has 0 aromatic heterocycles. The summed E-state index contributed by atoms with van der Waals surface area (Å²) in [6, 6.07) is 0.704. The van der Waals surface area contributed by atoms with Crippen LogP contribution in [-0.2, 0) is 0 Å². The maximum Gasteiger partial charge on any atom is 0.00388 e. The van der Waals surface area contributed by atoms with E-state index in [1.165, 1.54) is 19.5 Å². The van der Waals surface area contributed by atoms with Crippen LogP contribution in [0.15, 0.2) is 0 Å². The zero-order valence-corrected chi connectivity index (χ0v) is 8.59. The lowest BCUT2D eigenvalue weighted by atomic mass is 9.95. The number of hydrogen-bond acceptors (Lipinski definition) is 2. The van der Waals surface area contributed by atoms with Crippen molar-refractivity contribution in [3.63, 3.8) is 0 Å². The second-order valence-electron chi connectivity index (χ2n) is 4.36. The van der Waals surface area contributed by atoms with Crippen LogP contribution in [0.1, 0.15) is 27.2 Å². The molecule has 0 bridgehead atoms. The van der Waals surface area contributed by atoms with Gasteiger partial charge in [0.2, 0.25) is 0 Å². The molecule has 2 nitrogen and oxygen atoms in total. The summed E-state index contributed by atoms with van der Waals surface area (Å²) in [7, 11) is 0. The van der Waals surface area contributed by atoms with Gasteiger partial charge in [-0.3, -0.25) is 0 Å². The molecule has 0 aromatic carbocycles. The minimum Gasteiger partial charge on any atom is -0.330 e. The topological polar surface area (TPSA) is 29.3 Å². The first-order chi connectivity index (χ1) is 5.65. The van der Waals surface area contributed by atoms with Gasteiger partial charge in [0.05, 0.1) is 0 Å². The third-order valence-electron chi connectivity index (χ3n) is 3.06. The molecule has 1 rings (SSSR count). The molecular weight excluding hydrogens is 148 g/mol. The van der Waals surface area contributed by atoms with Gasteiger partial charge >= 0.3 is 0 Å². The zero-order valence-electron chi connectivity index (χ0n) is 8.59. The Morgan fingerprint density at radius 2 is 2.08 bits per heavy atom. The molecule has 2 N–H and O–H groups in total. The Balaban J connectivity index is 2.39. The summed E-state index contributed by atoms with van der Waals surface area (Å²) in [5.74, 6) is 1.69.